The number of nitrogens with zero attached hydrogens (tertiary/aromatic N) is 1. The molecule has 0 aliphatic rings. The molecule has 6 heteroatoms. The number of benzene rings is 2. The van der Waals surface area contributed by atoms with Gasteiger partial charge in [0.25, 0.3) is 11.5 Å². The van der Waals surface area contributed by atoms with Crippen molar-refractivity contribution in [1.29, 1.82) is 0 Å². The molecule has 0 saturated heterocycles. The Labute approximate surface area is 166 Å². The van der Waals surface area contributed by atoms with Gasteiger partial charge in [-0.3, -0.25) is 14.6 Å². The third kappa shape index (κ3) is 3.93. The fraction of sp³-hybridized carbons (Fsp3) is 0.0870. The van der Waals surface area contributed by atoms with Gasteiger partial charge in [-0.2, -0.15) is 0 Å². The molecular formula is C23H19N3O3. The first-order valence-corrected chi connectivity index (χ1v) is 9.23. The summed E-state index contributed by atoms with van der Waals surface area (Å²) < 4.78 is 0. The first-order chi connectivity index (χ1) is 14.2. The summed E-state index contributed by atoms with van der Waals surface area (Å²) in [6.45, 7) is 0.0664. The molecule has 0 bridgehead atoms. The van der Waals surface area contributed by atoms with Gasteiger partial charge < -0.3 is 15.4 Å². The molecule has 144 valence electrons. The number of hydrogen-bond acceptors (Lipinski definition) is 4. The third-order valence-electron chi connectivity index (χ3n) is 4.74. The lowest BCUT2D eigenvalue weighted by Crippen LogP contribution is -2.23. The lowest BCUT2D eigenvalue weighted by Gasteiger charge is -2.09. The summed E-state index contributed by atoms with van der Waals surface area (Å²) in [4.78, 5) is 31.9. The minimum absolute atomic E-state index is 0.0230. The molecule has 0 atom stereocenters. The van der Waals surface area contributed by atoms with Crippen LogP contribution in [0, 0.1) is 0 Å². The number of fused-ring (bicyclic) bond motifs is 1. The van der Waals surface area contributed by atoms with Crippen molar-refractivity contribution in [3.8, 4) is 11.1 Å². The van der Waals surface area contributed by atoms with E-state index in [0.717, 1.165) is 21.9 Å². The zero-order valence-corrected chi connectivity index (χ0v) is 15.6. The standard InChI is InChI=1S/C23H19N3O3/c27-10-9-15-5-7-18(8-6-15)26-23(29)20-11-17(13-25-22(20)28)21-14-24-12-16-3-1-2-4-19(16)21/h1-8,11-14,27H,9-10H2,(H,25,28)(H,26,29). The second-order valence-electron chi connectivity index (χ2n) is 6.66. The number of H-pyrrole nitrogens is 1. The molecule has 0 spiro atoms. The Balaban J connectivity index is 1.66. The maximum Gasteiger partial charge on any atom is 0.261 e. The highest BCUT2D eigenvalue weighted by Crippen LogP contribution is 2.27. The van der Waals surface area contributed by atoms with Gasteiger partial charge in [0.15, 0.2) is 0 Å². The average Bonchev–Trinajstić information content (AvgIpc) is 2.75. The molecular weight excluding hydrogens is 366 g/mol. The van der Waals surface area contributed by atoms with Crippen molar-refractivity contribution in [2.45, 2.75) is 6.42 Å². The van der Waals surface area contributed by atoms with Crippen LogP contribution >= 0.6 is 0 Å². The van der Waals surface area contributed by atoms with Crippen LogP contribution in [0.25, 0.3) is 21.9 Å². The summed E-state index contributed by atoms with van der Waals surface area (Å²) in [5.41, 5.74) is 2.65. The Morgan fingerprint density at radius 3 is 2.66 bits per heavy atom. The van der Waals surface area contributed by atoms with Gasteiger partial charge in [-0.05, 0) is 35.6 Å². The number of hydrogen-bond donors (Lipinski definition) is 3. The van der Waals surface area contributed by atoms with Gasteiger partial charge in [-0.1, -0.05) is 36.4 Å². The van der Waals surface area contributed by atoms with Crippen LogP contribution in [0.1, 0.15) is 15.9 Å². The molecule has 0 fully saturated rings. The van der Waals surface area contributed by atoms with Gasteiger partial charge in [-0.15, -0.1) is 0 Å². The Hall–Kier alpha value is -3.77. The average molecular weight is 385 g/mol. The number of aromatic nitrogens is 2. The summed E-state index contributed by atoms with van der Waals surface area (Å²) >= 11 is 0. The molecule has 1 amide bonds. The molecule has 0 aliphatic carbocycles. The van der Waals surface area contributed by atoms with Crippen molar-refractivity contribution in [1.82, 2.24) is 9.97 Å². The number of carbonyl (C=O) groups is 1. The lowest BCUT2D eigenvalue weighted by atomic mass is 10.0. The quantitative estimate of drug-likeness (QED) is 0.491. The number of anilines is 1. The van der Waals surface area contributed by atoms with E-state index in [1.165, 1.54) is 0 Å². The van der Waals surface area contributed by atoms with E-state index in [-0.39, 0.29) is 12.2 Å². The molecule has 29 heavy (non-hydrogen) atoms. The number of nitrogens with one attached hydrogen (secondary N) is 2. The Morgan fingerprint density at radius 1 is 1.07 bits per heavy atom. The van der Waals surface area contributed by atoms with E-state index in [1.54, 1.807) is 36.8 Å². The summed E-state index contributed by atoms with van der Waals surface area (Å²) in [5, 5.41) is 13.7. The minimum Gasteiger partial charge on any atom is -0.396 e. The van der Waals surface area contributed by atoms with Crippen molar-refractivity contribution in [3.63, 3.8) is 0 Å². The highest BCUT2D eigenvalue weighted by molar-refractivity contribution is 6.05. The van der Waals surface area contributed by atoms with E-state index in [2.05, 4.69) is 15.3 Å². The monoisotopic (exact) mass is 385 g/mol. The van der Waals surface area contributed by atoms with E-state index >= 15 is 0 Å². The minimum atomic E-state index is -0.490. The van der Waals surface area contributed by atoms with Gasteiger partial charge >= 0.3 is 0 Å². The highest BCUT2D eigenvalue weighted by atomic mass is 16.3. The first-order valence-electron chi connectivity index (χ1n) is 9.23. The summed E-state index contributed by atoms with van der Waals surface area (Å²) in [6, 6.07) is 16.5. The number of pyridine rings is 2. The Bertz CT molecular complexity index is 1220. The fourth-order valence-corrected chi connectivity index (χ4v) is 3.24. The Morgan fingerprint density at radius 2 is 1.86 bits per heavy atom. The van der Waals surface area contributed by atoms with Crippen molar-refractivity contribution in [3.05, 3.63) is 94.7 Å². The number of carbonyl (C=O) groups excluding carboxylic acids is 1. The fourth-order valence-electron chi connectivity index (χ4n) is 3.24. The number of aliphatic hydroxyl groups excluding tert-OH is 1. The highest BCUT2D eigenvalue weighted by Gasteiger charge is 2.14. The number of aromatic amines is 1. The second kappa shape index (κ2) is 8.08. The predicted molar refractivity (Wildman–Crippen MR) is 113 cm³/mol. The van der Waals surface area contributed by atoms with E-state index in [4.69, 9.17) is 5.11 Å². The van der Waals surface area contributed by atoms with Crippen molar-refractivity contribution < 1.29 is 9.90 Å². The van der Waals surface area contributed by atoms with Crippen molar-refractivity contribution in [2.24, 2.45) is 0 Å². The topological polar surface area (TPSA) is 95.1 Å². The van der Waals surface area contributed by atoms with Crippen LogP contribution in [0.15, 0.2) is 78.0 Å². The lowest BCUT2D eigenvalue weighted by molar-refractivity contribution is 0.102. The van der Waals surface area contributed by atoms with Crippen LogP contribution in [-0.4, -0.2) is 27.6 Å². The SMILES string of the molecule is O=C(Nc1ccc(CCO)cc1)c1cc(-c2cncc3ccccc23)c[nH]c1=O. The van der Waals surface area contributed by atoms with Crippen LogP contribution in [-0.2, 0) is 6.42 Å². The second-order valence-corrected chi connectivity index (χ2v) is 6.66. The smallest absolute Gasteiger partial charge is 0.261 e. The molecule has 2 aromatic carbocycles. The Kier molecular flexibility index (Phi) is 5.18. The van der Waals surface area contributed by atoms with E-state index in [9.17, 15) is 9.59 Å². The van der Waals surface area contributed by atoms with E-state index in [0.29, 0.717) is 17.7 Å². The third-order valence-corrected chi connectivity index (χ3v) is 4.74. The number of amides is 1. The normalized spacial score (nSPS) is 10.8. The predicted octanol–water partition coefficient (Wildman–Crippen LogP) is 3.38. The molecule has 6 nitrogen and oxygen atoms in total. The van der Waals surface area contributed by atoms with E-state index < -0.39 is 11.5 Å². The molecule has 0 aliphatic heterocycles. The molecule has 0 unspecified atom stereocenters. The summed E-state index contributed by atoms with van der Waals surface area (Å²) in [5.74, 6) is -0.490. The molecule has 4 rings (SSSR count). The van der Waals surface area contributed by atoms with Crippen LogP contribution in [0.5, 0.6) is 0 Å². The maximum absolute atomic E-state index is 12.7. The molecule has 0 radical (unpaired) electrons. The van der Waals surface area contributed by atoms with Gasteiger partial charge in [-0.25, -0.2) is 0 Å². The van der Waals surface area contributed by atoms with E-state index in [1.807, 2.05) is 36.4 Å². The van der Waals surface area contributed by atoms with Gasteiger partial charge in [0.2, 0.25) is 0 Å². The largest absolute Gasteiger partial charge is 0.396 e. The summed E-state index contributed by atoms with van der Waals surface area (Å²) in [6.07, 6.45) is 5.64. The van der Waals surface area contributed by atoms with Crippen molar-refractivity contribution in [2.75, 3.05) is 11.9 Å². The first kappa shape index (κ1) is 18.6. The van der Waals surface area contributed by atoms with Crippen LogP contribution in [0.2, 0.25) is 0 Å². The van der Waals surface area contributed by atoms with Gasteiger partial charge in [0.05, 0.1) is 0 Å². The molecule has 2 heterocycles. The molecule has 3 N–H and O–H groups in total. The number of rotatable bonds is 5. The molecule has 4 aromatic rings. The van der Waals surface area contributed by atoms with Crippen LogP contribution < -0.4 is 10.9 Å². The van der Waals surface area contributed by atoms with Crippen LogP contribution in [0.4, 0.5) is 5.69 Å². The van der Waals surface area contributed by atoms with Gasteiger partial charge in [0, 0.05) is 47.4 Å². The maximum atomic E-state index is 12.7. The zero-order chi connectivity index (χ0) is 20.2. The molecule has 0 saturated carbocycles. The van der Waals surface area contributed by atoms with Gasteiger partial charge in [0.1, 0.15) is 5.56 Å². The zero-order valence-electron chi connectivity index (χ0n) is 15.6. The number of aliphatic hydroxyl groups is 1. The summed E-state index contributed by atoms with van der Waals surface area (Å²) in [7, 11) is 0. The van der Waals surface area contributed by atoms with Crippen LogP contribution in [0.3, 0.4) is 0 Å². The van der Waals surface area contributed by atoms with Crippen molar-refractivity contribution >= 4 is 22.4 Å². The molecule has 2 aromatic heterocycles.